The summed E-state index contributed by atoms with van der Waals surface area (Å²) in [7, 11) is 0. The molecule has 2 aromatic carbocycles. The molecule has 3 aromatic rings. The fraction of sp³-hybridized carbons (Fsp3) is 0.581. The number of unbranched alkanes of at least 4 members (excludes halogenated alkanes) is 2. The number of fused-ring (bicyclic) bond motifs is 5. The number of benzene rings is 2. The van der Waals surface area contributed by atoms with E-state index in [0.717, 1.165) is 48.1 Å². The second-order valence-corrected chi connectivity index (χ2v) is 16.3. The molecule has 1 N–H and O–H groups in total. The molecule has 0 bridgehead atoms. The highest BCUT2D eigenvalue weighted by molar-refractivity contribution is 6.01. The van der Waals surface area contributed by atoms with Crippen LogP contribution in [0.25, 0.3) is 22.5 Å². The highest BCUT2D eigenvalue weighted by atomic mass is 16.5. The molecule has 0 radical (unpaired) electrons. The van der Waals surface area contributed by atoms with Crippen molar-refractivity contribution in [2.45, 2.75) is 137 Å². The van der Waals surface area contributed by atoms with Crippen molar-refractivity contribution in [3.8, 4) is 22.5 Å². The largest absolute Gasteiger partial charge is 0.464 e. The Morgan fingerprint density at radius 3 is 2.26 bits per heavy atom. The molecule has 11 nitrogen and oxygen atoms in total. The monoisotopic (exact) mass is 743 g/mol. The molecule has 1 amide bonds. The van der Waals surface area contributed by atoms with Crippen LogP contribution in [0.15, 0.2) is 48.5 Å². The third kappa shape index (κ3) is 12.4. The van der Waals surface area contributed by atoms with Gasteiger partial charge >= 0.3 is 5.97 Å². The lowest BCUT2D eigenvalue weighted by atomic mass is 9.83. The zero-order chi connectivity index (χ0) is 39.3. The number of amides is 1. The van der Waals surface area contributed by atoms with E-state index in [2.05, 4.69) is 36.4 Å². The molecule has 0 fully saturated rings. The van der Waals surface area contributed by atoms with Gasteiger partial charge in [-0.3, -0.25) is 19.2 Å². The predicted octanol–water partition coefficient (Wildman–Crippen LogP) is 7.88. The Bertz CT molecular complexity index is 1720. The Morgan fingerprint density at radius 1 is 0.815 bits per heavy atom. The van der Waals surface area contributed by atoms with Gasteiger partial charge in [0.25, 0.3) is 0 Å². The van der Waals surface area contributed by atoms with E-state index >= 15 is 0 Å². The number of rotatable bonds is 20. The lowest BCUT2D eigenvalue weighted by Gasteiger charge is -2.31. The van der Waals surface area contributed by atoms with E-state index < -0.39 is 5.41 Å². The molecule has 1 aromatic heterocycles. The molecule has 1 atom stereocenters. The summed E-state index contributed by atoms with van der Waals surface area (Å²) in [5, 5.41) is 12.6. The maximum absolute atomic E-state index is 13.8. The van der Waals surface area contributed by atoms with Crippen molar-refractivity contribution in [2.75, 3.05) is 24.7 Å². The van der Waals surface area contributed by atoms with Gasteiger partial charge < -0.3 is 19.7 Å². The third-order valence-electron chi connectivity index (χ3n) is 9.40. The van der Waals surface area contributed by atoms with Crippen molar-refractivity contribution < 1.29 is 28.7 Å². The lowest BCUT2D eigenvalue weighted by Crippen LogP contribution is -2.50. The number of nitrogens with zero attached hydrogens (tertiary/aromatic N) is 4. The summed E-state index contributed by atoms with van der Waals surface area (Å²) in [4.78, 5) is 53.9. The number of ether oxygens (including phenoxy) is 2. The van der Waals surface area contributed by atoms with Crippen LogP contribution in [0.5, 0.6) is 0 Å². The number of hydrogen-bond acceptors (Lipinski definition) is 9. The van der Waals surface area contributed by atoms with Gasteiger partial charge in [0.05, 0.1) is 30.5 Å². The fourth-order valence-electron chi connectivity index (χ4n) is 6.75. The van der Waals surface area contributed by atoms with Gasteiger partial charge in [-0.2, -0.15) is 0 Å². The number of ketones is 2. The number of anilines is 1. The molecule has 54 heavy (non-hydrogen) atoms. The van der Waals surface area contributed by atoms with Crippen LogP contribution in [0.2, 0.25) is 0 Å². The second kappa shape index (κ2) is 19.9. The summed E-state index contributed by atoms with van der Waals surface area (Å²) >= 11 is 0. The predicted molar refractivity (Wildman–Crippen MR) is 212 cm³/mol. The topological polar surface area (TPSA) is 133 Å². The normalized spacial score (nSPS) is 13.3. The van der Waals surface area contributed by atoms with Crippen LogP contribution in [0.1, 0.15) is 118 Å². The average molecular weight is 744 g/mol. The van der Waals surface area contributed by atoms with Crippen LogP contribution < -0.4 is 10.2 Å². The van der Waals surface area contributed by atoms with E-state index in [4.69, 9.17) is 9.47 Å². The van der Waals surface area contributed by atoms with Crippen molar-refractivity contribution in [1.82, 2.24) is 20.3 Å². The van der Waals surface area contributed by atoms with Crippen molar-refractivity contribution in [1.29, 1.82) is 0 Å². The number of hydrogen-bond donors (Lipinski definition) is 1. The van der Waals surface area contributed by atoms with E-state index in [-0.39, 0.29) is 54.5 Å². The van der Waals surface area contributed by atoms with Crippen molar-refractivity contribution in [3.05, 3.63) is 54.1 Å². The van der Waals surface area contributed by atoms with E-state index in [1.165, 1.54) is 0 Å². The maximum atomic E-state index is 13.8. The number of esters is 1. The summed E-state index contributed by atoms with van der Waals surface area (Å²) in [5.41, 5.74) is 4.12. The molecule has 294 valence electrons. The quantitative estimate of drug-likeness (QED) is 0.0907. The molecule has 1 unspecified atom stereocenters. The summed E-state index contributed by atoms with van der Waals surface area (Å²) < 4.78 is 12.9. The third-order valence-corrected chi connectivity index (χ3v) is 9.40. The molecule has 2 heterocycles. The first-order chi connectivity index (χ1) is 25.7. The fourth-order valence-corrected chi connectivity index (χ4v) is 6.75. The van der Waals surface area contributed by atoms with Crippen LogP contribution in [-0.2, 0) is 41.7 Å². The van der Waals surface area contributed by atoms with Gasteiger partial charge in [-0.1, -0.05) is 88.2 Å². The van der Waals surface area contributed by atoms with Gasteiger partial charge in [-0.05, 0) is 58.1 Å². The Labute approximate surface area is 321 Å². The van der Waals surface area contributed by atoms with Crippen LogP contribution in [0.4, 0.5) is 5.69 Å². The van der Waals surface area contributed by atoms with E-state index in [9.17, 15) is 19.2 Å². The first-order valence-corrected chi connectivity index (χ1v) is 19.7. The minimum Gasteiger partial charge on any atom is -0.464 e. The summed E-state index contributed by atoms with van der Waals surface area (Å²) in [6.07, 6.45) is 5.67. The molecule has 0 saturated carbocycles. The Morgan fingerprint density at radius 2 is 1.54 bits per heavy atom. The van der Waals surface area contributed by atoms with Crippen molar-refractivity contribution >= 4 is 29.1 Å². The minimum absolute atomic E-state index is 0.0571. The molecular weight excluding hydrogens is 683 g/mol. The lowest BCUT2D eigenvalue weighted by molar-refractivity contribution is -0.144. The first kappa shape index (κ1) is 42.5. The van der Waals surface area contributed by atoms with Crippen molar-refractivity contribution in [3.63, 3.8) is 0 Å². The first-order valence-electron chi connectivity index (χ1n) is 19.7. The summed E-state index contributed by atoms with van der Waals surface area (Å²) in [5.74, 6) is -0.132. The van der Waals surface area contributed by atoms with Crippen LogP contribution >= 0.6 is 0 Å². The highest BCUT2D eigenvalue weighted by Gasteiger charge is 2.32. The van der Waals surface area contributed by atoms with Crippen molar-refractivity contribution in [2.24, 2.45) is 5.41 Å². The van der Waals surface area contributed by atoms with Crippen LogP contribution in [0.3, 0.4) is 0 Å². The standard InChI is InChI=1S/C43H61N5O6/c1-8-27-53-28-16-18-32(49)24-25-37(50)47-30-31-17-12-13-19-33(31)40-39(34-20-14-15-22-36(34)47)45-46-48(40)26-29-54-38(51)23-11-9-10-21-35(44-43(5,6)7)41(52)42(2,3)4/h12-15,17,19-20,22,35,44H,8-11,16,18,21,23-30H2,1-7H3. The summed E-state index contributed by atoms with van der Waals surface area (Å²) in [6, 6.07) is 15.3. The van der Waals surface area contributed by atoms with Gasteiger partial charge in [-0.25, -0.2) is 4.68 Å². The zero-order valence-corrected chi connectivity index (χ0v) is 33.5. The molecule has 0 spiro atoms. The van der Waals surface area contributed by atoms with Gasteiger partial charge in [0.1, 0.15) is 18.1 Å². The average Bonchev–Trinajstić information content (AvgIpc) is 3.53. The Kier molecular flexibility index (Phi) is 15.7. The maximum Gasteiger partial charge on any atom is 0.305 e. The Balaban J connectivity index is 1.37. The van der Waals surface area contributed by atoms with Gasteiger partial charge in [0, 0.05) is 61.0 Å². The molecule has 1 aliphatic heterocycles. The van der Waals surface area contributed by atoms with E-state index in [0.29, 0.717) is 63.4 Å². The number of carbonyl (C=O) groups is 4. The summed E-state index contributed by atoms with van der Waals surface area (Å²) in [6.45, 7) is 16.1. The molecule has 1 aliphatic rings. The molecule has 4 rings (SSSR count). The van der Waals surface area contributed by atoms with E-state index in [1.54, 1.807) is 9.58 Å². The number of aromatic nitrogens is 3. The smallest absolute Gasteiger partial charge is 0.305 e. The number of para-hydroxylation sites is 1. The van der Waals surface area contributed by atoms with Gasteiger partial charge in [0.2, 0.25) is 5.91 Å². The number of nitrogens with one attached hydrogen (secondary N) is 1. The molecular formula is C43H61N5O6. The van der Waals surface area contributed by atoms with E-state index in [1.807, 2.05) is 76.2 Å². The second-order valence-electron chi connectivity index (χ2n) is 16.3. The molecule has 11 heteroatoms. The SMILES string of the molecule is CCCOCCCC(=O)CCC(=O)N1Cc2ccccc2-c2c(nnn2CCOC(=O)CCCCCC(NC(C)(C)C)C(=O)C(C)(C)C)-c2ccccc21. The zero-order valence-electron chi connectivity index (χ0n) is 33.5. The van der Waals surface area contributed by atoms with Gasteiger partial charge in [0.15, 0.2) is 5.78 Å². The highest BCUT2D eigenvalue weighted by Crippen LogP contribution is 2.41. The minimum atomic E-state index is -0.425. The van der Waals surface area contributed by atoms with Crippen LogP contribution in [0, 0.1) is 5.41 Å². The Hall–Kier alpha value is -4.22. The number of Topliss-reactive ketones (excluding diaryl/α,β-unsaturated/α-hetero) is 2. The van der Waals surface area contributed by atoms with Crippen LogP contribution in [-0.4, -0.2) is 69.8 Å². The number of carbonyl (C=O) groups excluding carboxylic acids is 4. The molecule has 0 saturated heterocycles. The van der Waals surface area contributed by atoms with Gasteiger partial charge in [-0.15, -0.1) is 5.10 Å². The molecule has 0 aliphatic carbocycles.